The number of aryl methyl sites for hydroxylation is 1. The highest BCUT2D eigenvalue weighted by atomic mass is 32.1. The summed E-state index contributed by atoms with van der Waals surface area (Å²) in [7, 11) is 0. The van der Waals surface area contributed by atoms with Crippen LogP contribution < -0.4 is 5.56 Å². The molecule has 29 heavy (non-hydrogen) atoms. The summed E-state index contributed by atoms with van der Waals surface area (Å²) in [6.45, 7) is 5.36. The van der Waals surface area contributed by atoms with Crippen molar-refractivity contribution in [3.8, 4) is 10.7 Å². The lowest BCUT2D eigenvalue weighted by atomic mass is 9.93. The Kier molecular flexibility index (Phi) is 5.58. The van der Waals surface area contributed by atoms with Gasteiger partial charge in [0.25, 0.3) is 5.56 Å². The number of nitrogens with one attached hydrogen (secondary N) is 1. The molecule has 0 radical (unpaired) electrons. The number of amides is 1. The number of hydrogen-bond acceptors (Lipinski definition) is 5. The van der Waals surface area contributed by atoms with Crippen molar-refractivity contribution in [3.05, 3.63) is 69.2 Å². The third kappa shape index (κ3) is 4.29. The van der Waals surface area contributed by atoms with E-state index in [0.29, 0.717) is 24.6 Å². The van der Waals surface area contributed by atoms with E-state index in [1.54, 1.807) is 6.20 Å². The maximum Gasteiger partial charge on any atom is 0.251 e. The zero-order chi connectivity index (χ0) is 20.4. The fourth-order valence-corrected chi connectivity index (χ4v) is 4.37. The molecule has 1 N–H and O–H groups in total. The number of rotatable bonds is 4. The topological polar surface area (TPSA) is 79.0 Å². The smallest absolute Gasteiger partial charge is 0.251 e. The summed E-state index contributed by atoms with van der Waals surface area (Å²) in [5.74, 6) is 0.839. The molecule has 0 spiro atoms. The van der Waals surface area contributed by atoms with Gasteiger partial charge in [-0.1, -0.05) is 29.8 Å². The van der Waals surface area contributed by atoms with E-state index in [-0.39, 0.29) is 23.3 Å². The van der Waals surface area contributed by atoms with Gasteiger partial charge in [0.15, 0.2) is 0 Å². The Morgan fingerprint density at radius 2 is 1.97 bits per heavy atom. The van der Waals surface area contributed by atoms with Crippen LogP contribution >= 0.6 is 11.3 Å². The molecule has 0 bridgehead atoms. The van der Waals surface area contributed by atoms with Crippen LogP contribution in [-0.2, 0) is 4.79 Å². The molecule has 1 aliphatic heterocycles. The molecule has 1 fully saturated rings. The van der Waals surface area contributed by atoms with Gasteiger partial charge in [-0.2, -0.15) is 0 Å². The van der Waals surface area contributed by atoms with E-state index in [1.165, 1.54) is 23.0 Å². The Morgan fingerprint density at radius 3 is 2.62 bits per heavy atom. The first-order valence-electron chi connectivity index (χ1n) is 9.88. The van der Waals surface area contributed by atoms with Crippen molar-refractivity contribution in [2.75, 3.05) is 13.1 Å². The van der Waals surface area contributed by atoms with Crippen LogP contribution in [0.25, 0.3) is 10.7 Å². The number of H-pyrrole nitrogens is 1. The van der Waals surface area contributed by atoms with Crippen LogP contribution in [-0.4, -0.2) is 38.8 Å². The van der Waals surface area contributed by atoms with Gasteiger partial charge in [-0.15, -0.1) is 11.3 Å². The van der Waals surface area contributed by atoms with Gasteiger partial charge in [0, 0.05) is 36.7 Å². The molecule has 7 heteroatoms. The molecular formula is C22H24N4O2S. The van der Waals surface area contributed by atoms with Gasteiger partial charge in [-0.3, -0.25) is 9.59 Å². The molecule has 4 rings (SSSR count). The summed E-state index contributed by atoms with van der Waals surface area (Å²) in [5.41, 5.74) is 2.69. The maximum atomic E-state index is 12.9. The van der Waals surface area contributed by atoms with Gasteiger partial charge < -0.3 is 9.88 Å². The normalized spacial score (nSPS) is 16.0. The van der Waals surface area contributed by atoms with Crippen LogP contribution in [0.15, 0.2) is 46.7 Å². The van der Waals surface area contributed by atoms with Crippen LogP contribution in [0.4, 0.5) is 0 Å². The number of piperidine rings is 1. The van der Waals surface area contributed by atoms with Gasteiger partial charge in [0.2, 0.25) is 5.91 Å². The minimum atomic E-state index is -0.160. The molecule has 3 heterocycles. The Labute approximate surface area is 173 Å². The number of aromatic amines is 1. The number of hydrogen-bond donors (Lipinski definition) is 1. The number of nitrogens with zero attached hydrogens (tertiary/aromatic N) is 3. The van der Waals surface area contributed by atoms with Gasteiger partial charge in [0.05, 0.1) is 5.92 Å². The molecule has 1 unspecified atom stereocenters. The minimum absolute atomic E-state index is 0.140. The minimum Gasteiger partial charge on any atom is -0.342 e. The van der Waals surface area contributed by atoms with Crippen LogP contribution in [0.3, 0.4) is 0 Å². The van der Waals surface area contributed by atoms with Gasteiger partial charge >= 0.3 is 0 Å². The van der Waals surface area contributed by atoms with E-state index in [4.69, 9.17) is 0 Å². The highest BCUT2D eigenvalue weighted by Crippen LogP contribution is 2.29. The van der Waals surface area contributed by atoms with Crippen molar-refractivity contribution in [3.63, 3.8) is 0 Å². The molecule has 1 aromatic carbocycles. The summed E-state index contributed by atoms with van der Waals surface area (Å²) >= 11 is 1.47. The first-order valence-corrected chi connectivity index (χ1v) is 10.8. The second-order valence-corrected chi connectivity index (χ2v) is 8.48. The fraction of sp³-hybridized carbons (Fsp3) is 0.364. The van der Waals surface area contributed by atoms with Crippen LogP contribution in [0.1, 0.15) is 48.6 Å². The molecule has 150 valence electrons. The van der Waals surface area contributed by atoms with Crippen LogP contribution in [0.2, 0.25) is 0 Å². The van der Waals surface area contributed by atoms with E-state index >= 15 is 0 Å². The van der Waals surface area contributed by atoms with Crippen molar-refractivity contribution in [2.45, 2.75) is 38.5 Å². The number of carbonyl (C=O) groups is 1. The van der Waals surface area contributed by atoms with Gasteiger partial charge in [-0.25, -0.2) is 9.97 Å². The van der Waals surface area contributed by atoms with Crippen LogP contribution in [0, 0.1) is 6.92 Å². The quantitative estimate of drug-likeness (QED) is 0.714. The number of thiazole rings is 1. The zero-order valence-corrected chi connectivity index (χ0v) is 17.4. The predicted molar refractivity (Wildman–Crippen MR) is 114 cm³/mol. The predicted octanol–water partition coefficient (Wildman–Crippen LogP) is 3.71. The molecular weight excluding hydrogens is 384 g/mol. The molecule has 6 nitrogen and oxygen atoms in total. The molecule has 0 saturated carbocycles. The third-order valence-electron chi connectivity index (χ3n) is 5.55. The maximum absolute atomic E-state index is 12.9. The number of likely N-dealkylation sites (tertiary alicyclic amines) is 1. The number of benzene rings is 1. The lowest BCUT2D eigenvalue weighted by Crippen LogP contribution is -2.40. The molecule has 1 atom stereocenters. The molecule has 1 saturated heterocycles. The van der Waals surface area contributed by atoms with Crippen molar-refractivity contribution in [1.82, 2.24) is 19.9 Å². The lowest BCUT2D eigenvalue weighted by molar-refractivity contribution is -0.133. The standard InChI is InChI=1S/C22H24N4O2S/c1-14-3-5-16(6-4-14)15(2)22(28)26-10-7-17(8-11-26)20-24-18(13-19(27)25-20)21-23-9-12-29-21/h3-6,9,12-13,15,17H,7-8,10-11H2,1-2H3,(H,24,25,27). The summed E-state index contributed by atoms with van der Waals surface area (Å²) in [5, 5.41) is 2.62. The van der Waals surface area contributed by atoms with E-state index < -0.39 is 0 Å². The summed E-state index contributed by atoms with van der Waals surface area (Å²) in [6, 6.07) is 9.64. The van der Waals surface area contributed by atoms with E-state index in [2.05, 4.69) is 15.0 Å². The van der Waals surface area contributed by atoms with Crippen molar-refractivity contribution in [2.24, 2.45) is 0 Å². The summed E-state index contributed by atoms with van der Waals surface area (Å²) < 4.78 is 0. The van der Waals surface area contributed by atoms with Crippen LogP contribution in [0.5, 0.6) is 0 Å². The molecule has 1 amide bonds. The first-order chi connectivity index (χ1) is 14.0. The summed E-state index contributed by atoms with van der Waals surface area (Å²) in [4.78, 5) is 38.8. The SMILES string of the molecule is Cc1ccc(C(C)C(=O)N2CCC(c3nc(-c4nccs4)cc(=O)[nH]3)CC2)cc1. The Hall–Kier alpha value is -2.80. The second-order valence-electron chi connectivity index (χ2n) is 7.59. The number of aromatic nitrogens is 3. The Morgan fingerprint density at radius 1 is 1.24 bits per heavy atom. The van der Waals surface area contributed by atoms with Crippen molar-refractivity contribution < 1.29 is 4.79 Å². The average Bonchev–Trinajstić information content (AvgIpc) is 3.28. The van der Waals surface area contributed by atoms with Crippen molar-refractivity contribution >= 4 is 17.2 Å². The fourth-order valence-electron chi connectivity index (χ4n) is 3.77. The molecule has 1 aliphatic rings. The monoisotopic (exact) mass is 408 g/mol. The third-order valence-corrected chi connectivity index (χ3v) is 6.35. The van der Waals surface area contributed by atoms with Gasteiger partial charge in [-0.05, 0) is 32.3 Å². The highest BCUT2D eigenvalue weighted by molar-refractivity contribution is 7.13. The molecule has 0 aliphatic carbocycles. The second kappa shape index (κ2) is 8.29. The van der Waals surface area contributed by atoms with E-state index in [0.717, 1.165) is 23.4 Å². The average molecular weight is 409 g/mol. The van der Waals surface area contributed by atoms with Crippen molar-refractivity contribution in [1.29, 1.82) is 0 Å². The van der Waals surface area contributed by atoms with E-state index in [1.807, 2.05) is 48.4 Å². The summed E-state index contributed by atoms with van der Waals surface area (Å²) in [6.07, 6.45) is 3.29. The number of carbonyl (C=O) groups excluding carboxylic acids is 1. The molecule has 3 aromatic rings. The lowest BCUT2D eigenvalue weighted by Gasteiger charge is -2.33. The largest absolute Gasteiger partial charge is 0.342 e. The van der Waals surface area contributed by atoms with E-state index in [9.17, 15) is 9.59 Å². The Bertz CT molecular complexity index is 1040. The molecule has 2 aromatic heterocycles. The zero-order valence-electron chi connectivity index (χ0n) is 16.6. The Balaban J connectivity index is 1.44. The first kappa shape index (κ1) is 19.5. The van der Waals surface area contributed by atoms with Gasteiger partial charge in [0.1, 0.15) is 16.5 Å². The highest BCUT2D eigenvalue weighted by Gasteiger charge is 2.28.